The quantitative estimate of drug-likeness (QED) is 0.410. The summed E-state index contributed by atoms with van der Waals surface area (Å²) in [5, 5.41) is 2.76. The van der Waals surface area contributed by atoms with Gasteiger partial charge in [-0.05, 0) is 59.5 Å². The summed E-state index contributed by atoms with van der Waals surface area (Å²) < 4.78 is 28.0. The van der Waals surface area contributed by atoms with E-state index in [0.717, 1.165) is 17.5 Å². The molecule has 1 heterocycles. The number of sulfonamides is 1. The molecule has 0 aliphatic carbocycles. The highest BCUT2D eigenvalue weighted by Crippen LogP contribution is 2.15. The molecule has 7 heteroatoms. The second kappa shape index (κ2) is 10.2. The number of carbonyl (C=O) groups is 1. The molecular formula is C26H23N3O3S. The van der Waals surface area contributed by atoms with Crippen LogP contribution in [-0.4, -0.2) is 19.3 Å². The highest BCUT2D eigenvalue weighted by Gasteiger charge is 2.14. The Bertz CT molecular complexity index is 1310. The molecule has 0 spiro atoms. The summed E-state index contributed by atoms with van der Waals surface area (Å²) in [6, 6.07) is 27.2. The van der Waals surface area contributed by atoms with E-state index in [1.165, 1.54) is 5.56 Å². The number of hydrogen-bond acceptors (Lipinski definition) is 4. The van der Waals surface area contributed by atoms with Gasteiger partial charge in [-0.3, -0.25) is 9.78 Å². The van der Waals surface area contributed by atoms with Crippen molar-refractivity contribution in [2.75, 3.05) is 5.32 Å². The van der Waals surface area contributed by atoms with Crippen LogP contribution < -0.4 is 10.0 Å². The SMILES string of the molecule is O=C(Nc1cccnc1)c1ccc(CNS(=O)(=O)c2ccc(Cc3ccccc3)cc2)cc1. The minimum atomic E-state index is -3.65. The predicted octanol–water partition coefficient (Wildman–Crippen LogP) is 4.40. The first-order chi connectivity index (χ1) is 16.0. The monoisotopic (exact) mass is 457 g/mol. The lowest BCUT2D eigenvalue weighted by atomic mass is 10.1. The fraction of sp³-hybridized carbons (Fsp3) is 0.0769. The van der Waals surface area contributed by atoms with Crippen molar-refractivity contribution in [2.45, 2.75) is 17.9 Å². The van der Waals surface area contributed by atoms with Crippen LogP contribution in [-0.2, 0) is 23.0 Å². The van der Waals surface area contributed by atoms with Gasteiger partial charge in [-0.15, -0.1) is 0 Å². The molecule has 6 nitrogen and oxygen atoms in total. The third-order valence-electron chi connectivity index (χ3n) is 5.09. The Morgan fingerprint density at radius 1 is 0.758 bits per heavy atom. The first-order valence-corrected chi connectivity index (χ1v) is 11.9. The number of aromatic nitrogens is 1. The Balaban J connectivity index is 1.34. The van der Waals surface area contributed by atoms with Crippen molar-refractivity contribution in [1.29, 1.82) is 0 Å². The molecule has 1 aromatic heterocycles. The fourth-order valence-electron chi connectivity index (χ4n) is 3.29. The van der Waals surface area contributed by atoms with Gasteiger partial charge in [-0.25, -0.2) is 13.1 Å². The molecule has 0 bridgehead atoms. The van der Waals surface area contributed by atoms with Gasteiger partial charge in [0.25, 0.3) is 5.91 Å². The molecule has 4 aromatic rings. The van der Waals surface area contributed by atoms with Crippen LogP contribution in [0.3, 0.4) is 0 Å². The summed E-state index contributed by atoms with van der Waals surface area (Å²) in [4.78, 5) is 16.5. The number of anilines is 1. The number of rotatable bonds is 8. The van der Waals surface area contributed by atoms with E-state index in [0.29, 0.717) is 11.3 Å². The second-order valence-corrected chi connectivity index (χ2v) is 9.29. The van der Waals surface area contributed by atoms with E-state index in [1.807, 2.05) is 42.5 Å². The second-order valence-electron chi connectivity index (χ2n) is 7.52. The minimum Gasteiger partial charge on any atom is -0.321 e. The van der Waals surface area contributed by atoms with Crippen molar-refractivity contribution in [3.05, 3.63) is 126 Å². The van der Waals surface area contributed by atoms with Crippen molar-refractivity contribution in [3.63, 3.8) is 0 Å². The van der Waals surface area contributed by atoms with Crippen LogP contribution in [0, 0.1) is 0 Å². The zero-order valence-electron chi connectivity index (χ0n) is 17.8. The number of pyridine rings is 1. The maximum atomic E-state index is 12.7. The molecule has 0 saturated heterocycles. The highest BCUT2D eigenvalue weighted by molar-refractivity contribution is 7.89. The predicted molar refractivity (Wildman–Crippen MR) is 128 cm³/mol. The molecule has 33 heavy (non-hydrogen) atoms. The van der Waals surface area contributed by atoms with Crippen molar-refractivity contribution >= 4 is 21.6 Å². The molecular weight excluding hydrogens is 434 g/mol. The molecule has 0 unspecified atom stereocenters. The van der Waals surface area contributed by atoms with Gasteiger partial charge in [0, 0.05) is 18.3 Å². The van der Waals surface area contributed by atoms with Crippen molar-refractivity contribution in [2.24, 2.45) is 0 Å². The van der Waals surface area contributed by atoms with Crippen LogP contribution in [0.15, 0.2) is 108 Å². The van der Waals surface area contributed by atoms with Crippen molar-refractivity contribution < 1.29 is 13.2 Å². The number of nitrogens with zero attached hydrogens (tertiary/aromatic N) is 1. The molecule has 2 N–H and O–H groups in total. The van der Waals surface area contributed by atoms with Gasteiger partial charge in [0.15, 0.2) is 0 Å². The minimum absolute atomic E-state index is 0.124. The first kappa shape index (κ1) is 22.4. The van der Waals surface area contributed by atoms with Gasteiger partial charge in [-0.1, -0.05) is 54.6 Å². The number of nitrogens with one attached hydrogen (secondary N) is 2. The smallest absolute Gasteiger partial charge is 0.255 e. The van der Waals surface area contributed by atoms with Crippen LogP contribution in [0.5, 0.6) is 0 Å². The average molecular weight is 458 g/mol. The van der Waals surface area contributed by atoms with Crippen LogP contribution in [0.4, 0.5) is 5.69 Å². The van der Waals surface area contributed by atoms with E-state index < -0.39 is 10.0 Å². The first-order valence-electron chi connectivity index (χ1n) is 10.4. The molecule has 4 rings (SSSR count). The lowest BCUT2D eigenvalue weighted by Gasteiger charge is -2.09. The van der Waals surface area contributed by atoms with E-state index in [4.69, 9.17) is 0 Å². The Hall–Kier alpha value is -3.81. The van der Waals surface area contributed by atoms with Crippen LogP contribution in [0.25, 0.3) is 0 Å². The topological polar surface area (TPSA) is 88.2 Å². The molecule has 0 radical (unpaired) electrons. The number of hydrogen-bond donors (Lipinski definition) is 2. The van der Waals surface area contributed by atoms with Gasteiger partial charge >= 0.3 is 0 Å². The summed E-state index contributed by atoms with van der Waals surface area (Å²) in [6.45, 7) is 0.124. The molecule has 0 saturated carbocycles. The third-order valence-corrected chi connectivity index (χ3v) is 6.50. The summed E-state index contributed by atoms with van der Waals surface area (Å²) in [5.41, 5.74) is 4.04. The number of carbonyl (C=O) groups excluding carboxylic acids is 1. The molecule has 0 fully saturated rings. The maximum Gasteiger partial charge on any atom is 0.255 e. The Morgan fingerprint density at radius 3 is 2.09 bits per heavy atom. The van der Waals surface area contributed by atoms with E-state index in [1.54, 1.807) is 60.9 Å². The molecule has 0 aliphatic rings. The lowest BCUT2D eigenvalue weighted by Crippen LogP contribution is -2.23. The van der Waals surface area contributed by atoms with Gasteiger partial charge in [0.1, 0.15) is 0 Å². The van der Waals surface area contributed by atoms with Crippen molar-refractivity contribution in [3.8, 4) is 0 Å². The van der Waals surface area contributed by atoms with E-state index in [2.05, 4.69) is 15.0 Å². The number of amides is 1. The third kappa shape index (κ3) is 6.12. The summed E-state index contributed by atoms with van der Waals surface area (Å²) in [6.07, 6.45) is 3.94. The van der Waals surface area contributed by atoms with Gasteiger partial charge in [0.05, 0.1) is 16.8 Å². The number of benzene rings is 3. The summed E-state index contributed by atoms with van der Waals surface area (Å²) in [5.74, 6) is -0.259. The standard InChI is InChI=1S/C26H23N3O3S/c30-26(29-24-7-4-16-27-19-24)23-12-8-22(9-13-23)18-28-33(31,32)25-14-10-21(11-15-25)17-20-5-2-1-3-6-20/h1-16,19,28H,17-18H2,(H,29,30). The zero-order chi connectivity index (χ0) is 23.1. The van der Waals surface area contributed by atoms with Crippen molar-refractivity contribution in [1.82, 2.24) is 9.71 Å². The average Bonchev–Trinajstić information content (AvgIpc) is 2.85. The van der Waals surface area contributed by atoms with E-state index >= 15 is 0 Å². The molecule has 0 atom stereocenters. The Labute approximate surface area is 193 Å². The van der Waals surface area contributed by atoms with Crippen LogP contribution in [0.1, 0.15) is 27.0 Å². The largest absolute Gasteiger partial charge is 0.321 e. The van der Waals surface area contributed by atoms with Gasteiger partial charge in [0.2, 0.25) is 10.0 Å². The van der Waals surface area contributed by atoms with Crippen LogP contribution in [0.2, 0.25) is 0 Å². The lowest BCUT2D eigenvalue weighted by molar-refractivity contribution is 0.102. The highest BCUT2D eigenvalue weighted by atomic mass is 32.2. The fourth-order valence-corrected chi connectivity index (χ4v) is 4.31. The van der Waals surface area contributed by atoms with Gasteiger partial charge < -0.3 is 5.32 Å². The Kier molecular flexibility index (Phi) is 6.92. The summed E-state index contributed by atoms with van der Waals surface area (Å²) >= 11 is 0. The normalized spacial score (nSPS) is 11.2. The molecule has 1 amide bonds. The zero-order valence-corrected chi connectivity index (χ0v) is 18.6. The molecule has 0 aliphatic heterocycles. The van der Waals surface area contributed by atoms with Gasteiger partial charge in [-0.2, -0.15) is 0 Å². The van der Waals surface area contributed by atoms with E-state index in [-0.39, 0.29) is 17.3 Å². The Morgan fingerprint density at radius 2 is 1.42 bits per heavy atom. The molecule has 166 valence electrons. The van der Waals surface area contributed by atoms with E-state index in [9.17, 15) is 13.2 Å². The van der Waals surface area contributed by atoms with Crippen LogP contribution >= 0.6 is 0 Å². The summed E-state index contributed by atoms with van der Waals surface area (Å²) in [7, 11) is -3.65. The molecule has 3 aromatic carbocycles. The maximum absolute atomic E-state index is 12.7.